The first-order valence-corrected chi connectivity index (χ1v) is 6.68. The van der Waals surface area contributed by atoms with E-state index in [1.54, 1.807) is 6.92 Å². The van der Waals surface area contributed by atoms with Crippen molar-refractivity contribution < 1.29 is 10.2 Å². The number of aromatic hydroxyl groups is 1. The van der Waals surface area contributed by atoms with Gasteiger partial charge < -0.3 is 10.2 Å². The van der Waals surface area contributed by atoms with Crippen LogP contribution in [0.4, 0.5) is 0 Å². The lowest BCUT2D eigenvalue weighted by Gasteiger charge is -2.10. The number of aliphatic hydroxyl groups excluding tert-OH is 1. The van der Waals surface area contributed by atoms with Gasteiger partial charge in [-0.1, -0.05) is 0 Å². The average Bonchev–Trinajstić information content (AvgIpc) is 3.00. The highest BCUT2D eigenvalue weighted by Gasteiger charge is 2.31. The zero-order chi connectivity index (χ0) is 16.0. The number of imidazole rings is 1. The van der Waals surface area contributed by atoms with Gasteiger partial charge in [0.25, 0.3) is 0 Å². The minimum absolute atomic E-state index is 0.165. The monoisotopic (exact) mass is 296 g/mol. The minimum atomic E-state index is -0.886. The molecular weight excluding hydrogens is 284 g/mol. The summed E-state index contributed by atoms with van der Waals surface area (Å²) in [4.78, 5) is 12.4. The standard InChI is InChI=1S/C15H12N4O3/c1-8-10(7-17)9(6-16)2-3-11(8)19-14(21)13-12(20)4-5-18(13)15(19)22/h2-3,12,20-21H,4-5H2,1H3/t12-/m0/s1. The summed E-state index contributed by atoms with van der Waals surface area (Å²) in [7, 11) is 0. The Bertz CT molecular complexity index is 924. The molecule has 7 nitrogen and oxygen atoms in total. The molecule has 0 radical (unpaired) electrons. The summed E-state index contributed by atoms with van der Waals surface area (Å²) >= 11 is 0. The molecule has 0 amide bonds. The summed E-state index contributed by atoms with van der Waals surface area (Å²) in [6.07, 6.45) is -0.502. The zero-order valence-electron chi connectivity index (χ0n) is 11.7. The molecule has 2 N–H and O–H groups in total. The summed E-state index contributed by atoms with van der Waals surface area (Å²) < 4.78 is 2.39. The molecule has 0 spiro atoms. The van der Waals surface area contributed by atoms with Crippen molar-refractivity contribution in [2.45, 2.75) is 26.0 Å². The third-order valence-corrected chi connectivity index (χ3v) is 4.01. The molecule has 3 rings (SSSR count). The van der Waals surface area contributed by atoms with Gasteiger partial charge in [-0.25, -0.2) is 9.36 Å². The Morgan fingerprint density at radius 2 is 2.05 bits per heavy atom. The Kier molecular flexibility index (Phi) is 3.01. The Labute approximate surface area is 125 Å². The highest BCUT2D eigenvalue weighted by atomic mass is 16.3. The van der Waals surface area contributed by atoms with Crippen LogP contribution in [0.1, 0.15) is 34.9 Å². The van der Waals surface area contributed by atoms with Gasteiger partial charge in [-0.15, -0.1) is 0 Å². The summed E-state index contributed by atoms with van der Waals surface area (Å²) in [5.74, 6) is -0.327. The van der Waals surface area contributed by atoms with Crippen LogP contribution < -0.4 is 5.69 Å². The molecule has 7 heteroatoms. The highest BCUT2D eigenvalue weighted by Crippen LogP contribution is 2.34. The Morgan fingerprint density at radius 1 is 1.32 bits per heavy atom. The van der Waals surface area contributed by atoms with Crippen LogP contribution >= 0.6 is 0 Å². The maximum absolute atomic E-state index is 12.4. The van der Waals surface area contributed by atoms with Gasteiger partial charge in [0.05, 0.1) is 16.8 Å². The summed E-state index contributed by atoms with van der Waals surface area (Å²) in [6, 6.07) is 6.82. The first-order chi connectivity index (χ1) is 10.5. The largest absolute Gasteiger partial charge is 0.493 e. The summed E-state index contributed by atoms with van der Waals surface area (Å²) in [5.41, 5.74) is 0.846. The van der Waals surface area contributed by atoms with Crippen LogP contribution in [0.2, 0.25) is 0 Å². The third kappa shape index (κ3) is 1.67. The molecule has 1 aliphatic rings. The molecule has 1 aliphatic heterocycles. The van der Waals surface area contributed by atoms with Gasteiger partial charge in [0.2, 0.25) is 5.88 Å². The molecule has 2 aromatic rings. The number of aliphatic hydroxyl groups is 1. The van der Waals surface area contributed by atoms with Gasteiger partial charge in [0.1, 0.15) is 23.9 Å². The number of nitrogens with zero attached hydrogens (tertiary/aromatic N) is 4. The van der Waals surface area contributed by atoms with E-state index >= 15 is 0 Å². The molecule has 22 heavy (non-hydrogen) atoms. The smallest absolute Gasteiger partial charge is 0.336 e. The Morgan fingerprint density at radius 3 is 2.64 bits per heavy atom. The molecule has 0 aliphatic carbocycles. The van der Waals surface area contributed by atoms with Crippen LogP contribution in [-0.2, 0) is 6.54 Å². The molecule has 0 fully saturated rings. The van der Waals surface area contributed by atoms with Crippen molar-refractivity contribution in [3.05, 3.63) is 45.0 Å². The fraction of sp³-hybridized carbons (Fsp3) is 0.267. The number of rotatable bonds is 1. The lowest BCUT2D eigenvalue weighted by Crippen LogP contribution is -2.23. The number of aromatic nitrogens is 2. The van der Waals surface area contributed by atoms with Gasteiger partial charge in [-0.05, 0) is 31.0 Å². The second-order valence-corrected chi connectivity index (χ2v) is 5.14. The zero-order valence-corrected chi connectivity index (χ0v) is 11.7. The molecule has 1 atom stereocenters. The lowest BCUT2D eigenvalue weighted by molar-refractivity contribution is 0.175. The average molecular weight is 296 g/mol. The van der Waals surface area contributed by atoms with Gasteiger partial charge >= 0.3 is 5.69 Å². The van der Waals surface area contributed by atoms with Crippen LogP contribution in [0.3, 0.4) is 0 Å². The topological polar surface area (TPSA) is 115 Å². The molecule has 1 aromatic heterocycles. The molecule has 110 valence electrons. The van der Waals surface area contributed by atoms with Crippen molar-refractivity contribution in [1.29, 1.82) is 10.5 Å². The normalized spacial score (nSPS) is 16.1. The maximum atomic E-state index is 12.4. The molecule has 1 aromatic carbocycles. The first kappa shape index (κ1) is 13.9. The van der Waals surface area contributed by atoms with Crippen LogP contribution in [0.25, 0.3) is 5.69 Å². The van der Waals surface area contributed by atoms with Crippen LogP contribution in [0.15, 0.2) is 16.9 Å². The van der Waals surface area contributed by atoms with Crippen molar-refractivity contribution >= 4 is 0 Å². The van der Waals surface area contributed by atoms with Gasteiger partial charge in [0.15, 0.2) is 0 Å². The van der Waals surface area contributed by atoms with Crippen molar-refractivity contribution in [2.75, 3.05) is 0 Å². The number of hydrogen-bond donors (Lipinski definition) is 2. The number of nitriles is 2. The van der Waals surface area contributed by atoms with Crippen LogP contribution in [0.5, 0.6) is 5.88 Å². The van der Waals surface area contributed by atoms with Gasteiger partial charge in [0, 0.05) is 6.54 Å². The third-order valence-electron chi connectivity index (χ3n) is 4.01. The van der Waals surface area contributed by atoms with Gasteiger partial charge in [-0.2, -0.15) is 10.5 Å². The number of fused-ring (bicyclic) bond motifs is 1. The van der Waals surface area contributed by atoms with E-state index in [0.717, 1.165) is 4.57 Å². The van der Waals surface area contributed by atoms with E-state index in [1.165, 1.54) is 16.7 Å². The molecule has 2 heterocycles. The summed E-state index contributed by atoms with van der Waals surface area (Å²) in [6.45, 7) is 1.94. The predicted molar refractivity (Wildman–Crippen MR) is 75.4 cm³/mol. The summed E-state index contributed by atoms with van der Waals surface area (Å²) in [5, 5.41) is 38.4. The van der Waals surface area contributed by atoms with E-state index in [4.69, 9.17) is 5.26 Å². The SMILES string of the molecule is Cc1c(-n2c(O)c3n(c2=O)CC[C@@H]3O)ccc(C#N)c1C#N. The van der Waals surface area contributed by atoms with E-state index < -0.39 is 11.8 Å². The van der Waals surface area contributed by atoms with Crippen molar-refractivity contribution in [3.8, 4) is 23.7 Å². The Balaban J connectivity index is 2.32. The van der Waals surface area contributed by atoms with E-state index in [-0.39, 0.29) is 22.7 Å². The lowest BCUT2D eigenvalue weighted by atomic mass is 10.0. The van der Waals surface area contributed by atoms with Crippen LogP contribution in [0, 0.1) is 29.6 Å². The second-order valence-electron chi connectivity index (χ2n) is 5.14. The minimum Gasteiger partial charge on any atom is -0.493 e. The number of hydrogen-bond acceptors (Lipinski definition) is 5. The van der Waals surface area contributed by atoms with Crippen molar-refractivity contribution in [2.24, 2.45) is 0 Å². The van der Waals surface area contributed by atoms with E-state index in [2.05, 4.69) is 0 Å². The van der Waals surface area contributed by atoms with E-state index in [1.807, 2.05) is 12.1 Å². The van der Waals surface area contributed by atoms with Crippen LogP contribution in [-0.4, -0.2) is 19.3 Å². The maximum Gasteiger partial charge on any atom is 0.336 e. The van der Waals surface area contributed by atoms with E-state index in [0.29, 0.717) is 24.2 Å². The van der Waals surface area contributed by atoms with Crippen molar-refractivity contribution in [3.63, 3.8) is 0 Å². The number of benzene rings is 1. The fourth-order valence-electron chi connectivity index (χ4n) is 2.88. The predicted octanol–water partition coefficient (Wildman–Crippen LogP) is 0.833. The second kappa shape index (κ2) is 4.76. The highest BCUT2D eigenvalue weighted by molar-refractivity contribution is 5.59. The van der Waals surface area contributed by atoms with E-state index in [9.17, 15) is 20.3 Å². The van der Waals surface area contributed by atoms with Gasteiger partial charge in [-0.3, -0.25) is 4.57 Å². The molecular formula is C15H12N4O3. The molecule has 0 saturated heterocycles. The molecule has 0 unspecified atom stereocenters. The Hall–Kier alpha value is -3.03. The molecule has 0 bridgehead atoms. The first-order valence-electron chi connectivity index (χ1n) is 6.68. The molecule has 0 saturated carbocycles. The van der Waals surface area contributed by atoms with Crippen molar-refractivity contribution in [1.82, 2.24) is 9.13 Å². The fourth-order valence-corrected chi connectivity index (χ4v) is 2.88. The quantitative estimate of drug-likeness (QED) is 0.809.